The van der Waals surface area contributed by atoms with Crippen LogP contribution in [0.15, 0.2) is 57.0 Å². The minimum Gasteiger partial charge on any atom is -0.469 e. The van der Waals surface area contributed by atoms with Gasteiger partial charge in [-0.15, -0.1) is 0 Å². The van der Waals surface area contributed by atoms with Crippen molar-refractivity contribution in [2.24, 2.45) is 10.9 Å². The standard InChI is InChI=1S/C26H32N4O4/c1-6-7-21-12-13-22(14-18(21)3)27-24-28-25(32)30(15-19(4)23(31)34-5)26(33)29(24)16-20-10-8-17(2)9-11-20/h8-14,19H,6-7,15-16H2,1-5H3,(H,27,28,32)/t19-/m0/s1. The molecule has 3 rings (SSSR count). The minimum absolute atomic E-state index is 0.0974. The predicted molar refractivity (Wildman–Crippen MR) is 131 cm³/mol. The molecule has 0 saturated heterocycles. The van der Waals surface area contributed by atoms with Gasteiger partial charge >= 0.3 is 17.3 Å². The van der Waals surface area contributed by atoms with E-state index in [2.05, 4.69) is 16.9 Å². The van der Waals surface area contributed by atoms with E-state index >= 15 is 0 Å². The molecule has 34 heavy (non-hydrogen) atoms. The third-order valence-corrected chi connectivity index (χ3v) is 5.78. The van der Waals surface area contributed by atoms with Gasteiger partial charge in [-0.05, 0) is 49.1 Å². The maximum absolute atomic E-state index is 13.4. The fourth-order valence-electron chi connectivity index (χ4n) is 3.79. The Kier molecular flexibility index (Phi) is 8.04. The highest BCUT2D eigenvalue weighted by Gasteiger charge is 2.18. The number of hydrogen-bond donors (Lipinski definition) is 1. The number of ether oxygens (including phenoxy) is 1. The van der Waals surface area contributed by atoms with E-state index in [-0.39, 0.29) is 18.7 Å². The second-order valence-electron chi connectivity index (χ2n) is 8.62. The first kappa shape index (κ1) is 25.0. The molecule has 1 atom stereocenters. The maximum atomic E-state index is 13.4. The van der Waals surface area contributed by atoms with Gasteiger partial charge in [0.05, 0.1) is 25.3 Å². The number of carbonyl (C=O) groups is 1. The summed E-state index contributed by atoms with van der Waals surface area (Å²) in [5, 5.41) is 0. The van der Waals surface area contributed by atoms with Crippen LogP contribution in [0.4, 0.5) is 5.69 Å². The van der Waals surface area contributed by atoms with Gasteiger partial charge in [0.25, 0.3) is 0 Å². The van der Waals surface area contributed by atoms with Crippen LogP contribution in [0.1, 0.15) is 42.5 Å². The van der Waals surface area contributed by atoms with Crippen molar-refractivity contribution in [3.8, 4) is 0 Å². The highest BCUT2D eigenvalue weighted by atomic mass is 16.5. The number of aromatic amines is 1. The zero-order valence-corrected chi connectivity index (χ0v) is 20.4. The number of H-pyrrole nitrogens is 1. The highest BCUT2D eigenvalue weighted by Crippen LogP contribution is 2.18. The number of aromatic nitrogens is 3. The summed E-state index contributed by atoms with van der Waals surface area (Å²) < 4.78 is 7.19. The van der Waals surface area contributed by atoms with Gasteiger partial charge in [0.1, 0.15) is 0 Å². The average Bonchev–Trinajstić information content (AvgIpc) is 2.81. The van der Waals surface area contributed by atoms with E-state index in [0.717, 1.165) is 34.1 Å². The normalized spacial score (nSPS) is 12.6. The molecule has 0 fully saturated rings. The summed E-state index contributed by atoms with van der Waals surface area (Å²) in [5.41, 5.74) is 3.97. The van der Waals surface area contributed by atoms with Gasteiger partial charge in [-0.25, -0.2) is 19.1 Å². The van der Waals surface area contributed by atoms with Crippen molar-refractivity contribution in [1.82, 2.24) is 14.1 Å². The molecule has 0 aliphatic rings. The zero-order valence-electron chi connectivity index (χ0n) is 20.4. The smallest absolute Gasteiger partial charge is 0.335 e. The van der Waals surface area contributed by atoms with E-state index in [0.29, 0.717) is 5.69 Å². The molecule has 2 aromatic carbocycles. The largest absolute Gasteiger partial charge is 0.469 e. The number of nitrogens with zero attached hydrogens (tertiary/aromatic N) is 3. The van der Waals surface area contributed by atoms with Crippen molar-refractivity contribution in [3.63, 3.8) is 0 Å². The van der Waals surface area contributed by atoms with Gasteiger partial charge in [-0.3, -0.25) is 14.3 Å². The Balaban J connectivity index is 2.16. The molecule has 3 aromatic rings. The molecule has 1 aromatic heterocycles. The highest BCUT2D eigenvalue weighted by molar-refractivity contribution is 5.71. The van der Waals surface area contributed by atoms with Crippen LogP contribution in [0, 0.1) is 19.8 Å². The molecule has 0 unspecified atom stereocenters. The van der Waals surface area contributed by atoms with Gasteiger partial charge in [0.2, 0.25) is 5.62 Å². The molecule has 180 valence electrons. The second kappa shape index (κ2) is 11.0. The Bertz CT molecular complexity index is 1350. The monoisotopic (exact) mass is 464 g/mol. The summed E-state index contributed by atoms with van der Waals surface area (Å²) in [4.78, 5) is 45.5. The molecule has 8 nitrogen and oxygen atoms in total. The number of methoxy groups -OCH3 is 1. The lowest BCUT2D eigenvalue weighted by Gasteiger charge is -2.14. The fraction of sp³-hybridized carbons (Fsp3) is 0.385. The summed E-state index contributed by atoms with van der Waals surface area (Å²) in [5.74, 6) is -1.15. The van der Waals surface area contributed by atoms with Crippen molar-refractivity contribution in [3.05, 3.63) is 91.3 Å². The molecule has 0 amide bonds. The molecule has 0 aliphatic heterocycles. The van der Waals surface area contributed by atoms with Crippen molar-refractivity contribution < 1.29 is 9.53 Å². The Morgan fingerprint density at radius 3 is 2.41 bits per heavy atom. The average molecular weight is 465 g/mol. The summed E-state index contributed by atoms with van der Waals surface area (Å²) in [7, 11) is 1.28. The first-order chi connectivity index (χ1) is 16.2. The predicted octanol–water partition coefficient (Wildman–Crippen LogP) is 3.00. The molecule has 0 spiro atoms. The summed E-state index contributed by atoms with van der Waals surface area (Å²) >= 11 is 0. The van der Waals surface area contributed by atoms with E-state index in [9.17, 15) is 14.4 Å². The number of benzene rings is 2. The third-order valence-electron chi connectivity index (χ3n) is 5.78. The lowest BCUT2D eigenvalue weighted by atomic mass is 10.0. The van der Waals surface area contributed by atoms with E-state index in [4.69, 9.17) is 4.74 Å². The van der Waals surface area contributed by atoms with E-state index in [1.165, 1.54) is 17.2 Å². The maximum Gasteiger partial charge on any atom is 0.335 e. The molecule has 0 saturated carbocycles. The van der Waals surface area contributed by atoms with Crippen LogP contribution in [-0.2, 0) is 29.0 Å². The zero-order chi connectivity index (χ0) is 24.8. The molecular weight excluding hydrogens is 432 g/mol. The second-order valence-corrected chi connectivity index (χ2v) is 8.62. The van der Waals surface area contributed by atoms with E-state index in [1.54, 1.807) is 6.92 Å². The summed E-state index contributed by atoms with van der Waals surface area (Å²) in [6.45, 7) is 7.88. The topological polar surface area (TPSA) is 98.5 Å². The Morgan fingerprint density at radius 2 is 1.79 bits per heavy atom. The SMILES string of the molecule is CCCc1ccc(/N=c2\[nH]c(=O)n(C[C@H](C)C(=O)OC)c(=O)n2Cc2ccc(C)cc2)cc1C. The van der Waals surface area contributed by atoms with Crippen molar-refractivity contribution >= 4 is 11.7 Å². The Labute approximate surface area is 198 Å². The fourth-order valence-corrected chi connectivity index (χ4v) is 3.79. The van der Waals surface area contributed by atoms with Crippen molar-refractivity contribution in [2.75, 3.05) is 7.11 Å². The first-order valence-corrected chi connectivity index (χ1v) is 11.4. The number of rotatable bonds is 8. The van der Waals surface area contributed by atoms with Gasteiger partial charge < -0.3 is 4.74 Å². The number of carbonyl (C=O) groups excluding carboxylic acids is 1. The van der Waals surface area contributed by atoms with Gasteiger partial charge in [0, 0.05) is 6.54 Å². The van der Waals surface area contributed by atoms with Gasteiger partial charge in [-0.1, -0.05) is 56.2 Å². The Hall–Kier alpha value is -3.68. The van der Waals surface area contributed by atoms with Crippen LogP contribution in [0.5, 0.6) is 0 Å². The molecule has 8 heteroatoms. The quantitative estimate of drug-likeness (QED) is 0.518. The van der Waals surface area contributed by atoms with Gasteiger partial charge in [-0.2, -0.15) is 0 Å². The molecule has 1 heterocycles. The number of nitrogens with one attached hydrogen (secondary N) is 1. The molecule has 0 radical (unpaired) electrons. The van der Waals surface area contributed by atoms with Crippen molar-refractivity contribution in [2.45, 2.75) is 53.6 Å². The molecular formula is C26H32N4O4. The molecule has 0 aliphatic carbocycles. The van der Waals surface area contributed by atoms with Gasteiger partial charge in [0.15, 0.2) is 0 Å². The van der Waals surface area contributed by atoms with Crippen LogP contribution in [-0.4, -0.2) is 27.2 Å². The van der Waals surface area contributed by atoms with E-state index < -0.39 is 23.3 Å². The first-order valence-electron chi connectivity index (χ1n) is 11.4. The minimum atomic E-state index is -0.659. The summed E-state index contributed by atoms with van der Waals surface area (Å²) in [6.07, 6.45) is 2.02. The third kappa shape index (κ3) is 5.81. The number of aryl methyl sites for hydroxylation is 3. The van der Waals surface area contributed by atoms with Crippen LogP contribution in [0.25, 0.3) is 0 Å². The summed E-state index contributed by atoms with van der Waals surface area (Å²) in [6, 6.07) is 13.7. The molecule has 1 N–H and O–H groups in total. The van der Waals surface area contributed by atoms with Crippen LogP contribution >= 0.6 is 0 Å². The van der Waals surface area contributed by atoms with Crippen molar-refractivity contribution in [1.29, 1.82) is 0 Å². The number of hydrogen-bond acceptors (Lipinski definition) is 5. The van der Waals surface area contributed by atoms with Crippen LogP contribution < -0.4 is 17.0 Å². The number of esters is 1. The lowest BCUT2D eigenvalue weighted by molar-refractivity contribution is -0.145. The van der Waals surface area contributed by atoms with Crippen LogP contribution in [0.2, 0.25) is 0 Å². The van der Waals surface area contributed by atoms with Crippen LogP contribution in [0.3, 0.4) is 0 Å². The van der Waals surface area contributed by atoms with E-state index in [1.807, 2.05) is 56.3 Å². The molecule has 0 bridgehead atoms. The lowest BCUT2D eigenvalue weighted by Crippen LogP contribution is -2.51. The Morgan fingerprint density at radius 1 is 1.09 bits per heavy atom.